The highest BCUT2D eigenvalue weighted by molar-refractivity contribution is 5.85. The van der Waals surface area contributed by atoms with Crippen molar-refractivity contribution in [2.45, 2.75) is 6.43 Å². The number of carbonyl (C=O) groups is 1. The number of hydrogen-bond acceptors (Lipinski definition) is 3. The highest BCUT2D eigenvalue weighted by Gasteiger charge is 2.15. The quantitative estimate of drug-likeness (QED) is 0.812. The van der Waals surface area contributed by atoms with Gasteiger partial charge in [0.25, 0.3) is 6.43 Å². The Morgan fingerprint density at radius 1 is 1.57 bits per heavy atom. The molecule has 0 amide bonds. The number of halogens is 2. The minimum absolute atomic E-state index is 0.0488. The maximum absolute atomic E-state index is 12.2. The van der Waals surface area contributed by atoms with Gasteiger partial charge in [-0.3, -0.25) is 0 Å². The van der Waals surface area contributed by atoms with Gasteiger partial charge in [-0.2, -0.15) is 0 Å². The lowest BCUT2D eigenvalue weighted by molar-refractivity contribution is 0.0688. The first-order chi connectivity index (χ1) is 6.54. The van der Waals surface area contributed by atoms with Gasteiger partial charge in [-0.1, -0.05) is 0 Å². The van der Waals surface area contributed by atoms with Crippen LogP contribution >= 0.6 is 0 Å². The van der Waals surface area contributed by atoms with Gasteiger partial charge in [0, 0.05) is 12.1 Å². The minimum Gasteiger partial charge on any atom is -0.497 e. The third-order valence-corrected chi connectivity index (χ3v) is 1.50. The van der Waals surface area contributed by atoms with Crippen LogP contribution in [0.25, 0.3) is 0 Å². The van der Waals surface area contributed by atoms with E-state index in [1.54, 1.807) is 0 Å². The molecule has 0 atom stereocenters. The molecule has 1 aromatic heterocycles. The van der Waals surface area contributed by atoms with Gasteiger partial charge in [0.1, 0.15) is 11.4 Å². The lowest BCUT2D eigenvalue weighted by atomic mass is 10.3. The molecule has 4 nitrogen and oxygen atoms in total. The Hall–Kier alpha value is -1.72. The molecule has 1 rings (SSSR count). The Bertz CT molecular complexity index is 354. The first-order valence-corrected chi connectivity index (χ1v) is 3.62. The van der Waals surface area contributed by atoms with E-state index in [9.17, 15) is 13.6 Å². The normalized spacial score (nSPS) is 10.3. The van der Waals surface area contributed by atoms with E-state index in [-0.39, 0.29) is 5.75 Å². The molecule has 0 aliphatic heterocycles. The average molecular weight is 203 g/mol. The molecule has 0 fully saturated rings. The van der Waals surface area contributed by atoms with Crippen LogP contribution in [0.4, 0.5) is 8.78 Å². The van der Waals surface area contributed by atoms with Crippen molar-refractivity contribution in [2.24, 2.45) is 0 Å². The summed E-state index contributed by atoms with van der Waals surface area (Å²) in [4.78, 5) is 13.7. The third-order valence-electron chi connectivity index (χ3n) is 1.50. The van der Waals surface area contributed by atoms with Crippen molar-refractivity contribution in [2.75, 3.05) is 7.11 Å². The van der Waals surface area contributed by atoms with Crippen LogP contribution in [0.3, 0.4) is 0 Å². The molecular formula is C8H7F2NO3. The van der Waals surface area contributed by atoms with Gasteiger partial charge in [0.2, 0.25) is 0 Å². The van der Waals surface area contributed by atoms with Gasteiger partial charge < -0.3 is 9.84 Å². The number of rotatable bonds is 3. The molecule has 0 spiro atoms. The van der Waals surface area contributed by atoms with E-state index >= 15 is 0 Å². The second-order valence-electron chi connectivity index (χ2n) is 2.42. The van der Waals surface area contributed by atoms with Crippen LogP contribution in [0.15, 0.2) is 12.1 Å². The summed E-state index contributed by atoms with van der Waals surface area (Å²) in [6, 6.07) is 2.07. The van der Waals surface area contributed by atoms with Crippen molar-refractivity contribution in [1.82, 2.24) is 4.98 Å². The Balaban J connectivity index is 3.20. The number of nitrogens with zero attached hydrogens (tertiary/aromatic N) is 1. The fourth-order valence-corrected chi connectivity index (χ4v) is 0.865. The van der Waals surface area contributed by atoms with Crippen molar-refractivity contribution in [3.63, 3.8) is 0 Å². The maximum atomic E-state index is 12.2. The lowest BCUT2D eigenvalue weighted by Gasteiger charge is -2.04. The monoisotopic (exact) mass is 203 g/mol. The Labute approximate surface area is 78.1 Å². The molecule has 0 aliphatic rings. The molecule has 0 saturated heterocycles. The molecule has 76 valence electrons. The summed E-state index contributed by atoms with van der Waals surface area (Å²) >= 11 is 0. The Morgan fingerprint density at radius 2 is 2.21 bits per heavy atom. The Morgan fingerprint density at radius 3 is 2.64 bits per heavy atom. The molecule has 0 unspecified atom stereocenters. The largest absolute Gasteiger partial charge is 0.497 e. The second kappa shape index (κ2) is 3.99. The molecule has 6 heteroatoms. The molecule has 0 bridgehead atoms. The average Bonchev–Trinajstić information content (AvgIpc) is 2.16. The number of methoxy groups -OCH3 is 1. The molecule has 0 aromatic carbocycles. The standard InChI is InChI=1S/C8H7F2NO3/c1-14-4-2-5(7(9)10)11-6(3-4)8(12)13/h2-3,7H,1H3,(H,12,13). The van der Waals surface area contributed by atoms with Crippen molar-refractivity contribution in [3.8, 4) is 5.75 Å². The van der Waals surface area contributed by atoms with Crippen LogP contribution in [-0.2, 0) is 0 Å². The number of ether oxygens (including phenoxy) is 1. The van der Waals surface area contributed by atoms with Crippen LogP contribution in [0, 0.1) is 0 Å². The zero-order valence-corrected chi connectivity index (χ0v) is 7.20. The SMILES string of the molecule is COc1cc(C(=O)O)nc(C(F)F)c1. The molecule has 0 saturated carbocycles. The van der Waals surface area contributed by atoms with E-state index in [1.807, 2.05) is 0 Å². The van der Waals surface area contributed by atoms with E-state index in [0.717, 1.165) is 12.1 Å². The molecule has 0 radical (unpaired) electrons. The van der Waals surface area contributed by atoms with Gasteiger partial charge in [0.05, 0.1) is 7.11 Å². The number of alkyl halides is 2. The summed E-state index contributed by atoms with van der Waals surface area (Å²) in [5.74, 6) is -1.32. The predicted octanol–water partition coefficient (Wildman–Crippen LogP) is 1.73. The highest BCUT2D eigenvalue weighted by atomic mass is 19.3. The summed E-state index contributed by atoms with van der Waals surface area (Å²) in [6.07, 6.45) is -2.82. The van der Waals surface area contributed by atoms with Crippen molar-refractivity contribution in [1.29, 1.82) is 0 Å². The third kappa shape index (κ3) is 2.15. The molecular weight excluding hydrogens is 196 g/mol. The smallest absolute Gasteiger partial charge is 0.354 e. The van der Waals surface area contributed by atoms with E-state index in [4.69, 9.17) is 5.11 Å². The van der Waals surface area contributed by atoms with Crippen LogP contribution in [0.5, 0.6) is 5.75 Å². The first-order valence-electron chi connectivity index (χ1n) is 3.62. The molecule has 1 heterocycles. The van der Waals surface area contributed by atoms with Gasteiger partial charge in [-0.25, -0.2) is 18.6 Å². The summed E-state index contributed by atoms with van der Waals surface area (Å²) < 4.78 is 29.1. The van der Waals surface area contributed by atoms with Gasteiger partial charge in [0.15, 0.2) is 5.69 Å². The van der Waals surface area contributed by atoms with E-state index in [1.165, 1.54) is 7.11 Å². The molecule has 1 N–H and O–H groups in total. The molecule has 14 heavy (non-hydrogen) atoms. The fraction of sp³-hybridized carbons (Fsp3) is 0.250. The summed E-state index contributed by atoms with van der Waals surface area (Å²) in [5, 5.41) is 8.55. The molecule has 1 aromatic rings. The van der Waals surface area contributed by atoms with Crippen molar-refractivity contribution >= 4 is 5.97 Å². The second-order valence-corrected chi connectivity index (χ2v) is 2.42. The zero-order chi connectivity index (χ0) is 10.7. The highest BCUT2D eigenvalue weighted by Crippen LogP contribution is 2.22. The van der Waals surface area contributed by atoms with Crippen LogP contribution in [0.2, 0.25) is 0 Å². The number of aromatic nitrogens is 1. The first kappa shape index (κ1) is 10.4. The van der Waals surface area contributed by atoms with Gasteiger partial charge in [-0.05, 0) is 0 Å². The summed E-state index contributed by atoms with van der Waals surface area (Å²) in [5.41, 5.74) is -1.07. The fourth-order valence-electron chi connectivity index (χ4n) is 0.865. The zero-order valence-electron chi connectivity index (χ0n) is 7.20. The number of hydrogen-bond donors (Lipinski definition) is 1. The molecule has 0 aliphatic carbocycles. The number of aromatic carboxylic acids is 1. The van der Waals surface area contributed by atoms with Crippen molar-refractivity contribution < 1.29 is 23.4 Å². The van der Waals surface area contributed by atoms with Crippen LogP contribution < -0.4 is 4.74 Å². The van der Waals surface area contributed by atoms with Gasteiger partial charge >= 0.3 is 5.97 Å². The number of carboxylic acids is 1. The number of carboxylic acid groups (broad SMARTS) is 1. The van der Waals surface area contributed by atoms with E-state index in [2.05, 4.69) is 9.72 Å². The Kier molecular flexibility index (Phi) is 2.95. The van der Waals surface area contributed by atoms with E-state index in [0.29, 0.717) is 0 Å². The maximum Gasteiger partial charge on any atom is 0.354 e. The minimum atomic E-state index is -2.82. The van der Waals surface area contributed by atoms with Gasteiger partial charge in [-0.15, -0.1) is 0 Å². The van der Waals surface area contributed by atoms with E-state index < -0.39 is 23.8 Å². The topological polar surface area (TPSA) is 59.4 Å². The summed E-state index contributed by atoms with van der Waals surface area (Å²) in [6.45, 7) is 0. The lowest BCUT2D eigenvalue weighted by Crippen LogP contribution is -2.04. The summed E-state index contributed by atoms with van der Waals surface area (Å²) in [7, 11) is 1.26. The number of pyridine rings is 1. The van der Waals surface area contributed by atoms with Crippen LogP contribution in [0.1, 0.15) is 22.6 Å². The van der Waals surface area contributed by atoms with Crippen LogP contribution in [-0.4, -0.2) is 23.2 Å². The van der Waals surface area contributed by atoms with Crippen molar-refractivity contribution in [3.05, 3.63) is 23.5 Å². The predicted molar refractivity (Wildman–Crippen MR) is 42.7 cm³/mol.